The van der Waals surface area contributed by atoms with E-state index < -0.39 is 5.82 Å². The Labute approximate surface area is 217 Å². The molecule has 0 aromatic carbocycles. The third-order valence-electron chi connectivity index (χ3n) is 6.27. The Hall–Kier alpha value is -4.99. The molecule has 9 nitrogen and oxygen atoms in total. The van der Waals surface area contributed by atoms with E-state index in [2.05, 4.69) is 35.6 Å². The summed E-state index contributed by atoms with van der Waals surface area (Å²) in [6, 6.07) is 9.12. The average molecular weight is 507 g/mol. The first-order valence-corrected chi connectivity index (χ1v) is 12.2. The maximum Gasteiger partial charge on any atom is 0.226 e. The third kappa shape index (κ3) is 4.15. The van der Waals surface area contributed by atoms with Gasteiger partial charge >= 0.3 is 0 Å². The number of H-pyrrole nitrogens is 1. The fourth-order valence-electron chi connectivity index (χ4n) is 4.33. The first-order valence-electron chi connectivity index (χ1n) is 12.2. The van der Waals surface area contributed by atoms with Crippen molar-refractivity contribution in [3.05, 3.63) is 84.6 Å². The van der Waals surface area contributed by atoms with Gasteiger partial charge in [-0.05, 0) is 24.3 Å². The molecule has 5 aromatic rings. The van der Waals surface area contributed by atoms with Crippen LogP contribution in [0.15, 0.2) is 67.4 Å². The lowest BCUT2D eigenvalue weighted by Crippen LogP contribution is -2.17. The SMILES string of the molecule is CC(C)C(=O)Nc1cncc(-c2cnc3c(c2F)C(c2nc4c(-c5ccccn5)nccc4[nH]2)=CCN3)c1. The maximum atomic E-state index is 16.2. The van der Waals surface area contributed by atoms with Gasteiger partial charge in [0.25, 0.3) is 0 Å². The van der Waals surface area contributed by atoms with E-state index in [1.807, 2.05) is 30.3 Å². The number of aromatic nitrogens is 6. The van der Waals surface area contributed by atoms with Crippen LogP contribution in [0.1, 0.15) is 25.2 Å². The van der Waals surface area contributed by atoms with Gasteiger partial charge in [-0.15, -0.1) is 0 Å². The van der Waals surface area contributed by atoms with E-state index in [9.17, 15) is 4.79 Å². The van der Waals surface area contributed by atoms with Gasteiger partial charge in [-0.1, -0.05) is 26.0 Å². The lowest BCUT2D eigenvalue weighted by molar-refractivity contribution is -0.118. The van der Waals surface area contributed by atoms with Crippen LogP contribution in [-0.2, 0) is 4.79 Å². The largest absolute Gasteiger partial charge is 0.366 e. The Kier molecular flexibility index (Phi) is 5.83. The summed E-state index contributed by atoms with van der Waals surface area (Å²) in [6.45, 7) is 4.07. The average Bonchev–Trinajstić information content (AvgIpc) is 3.38. The lowest BCUT2D eigenvalue weighted by atomic mass is 9.98. The molecule has 6 heterocycles. The van der Waals surface area contributed by atoms with Crippen LogP contribution in [0.4, 0.5) is 15.9 Å². The molecule has 1 aliphatic heterocycles. The Bertz CT molecular complexity index is 1710. The highest BCUT2D eigenvalue weighted by Gasteiger charge is 2.26. The minimum Gasteiger partial charge on any atom is -0.366 e. The summed E-state index contributed by atoms with van der Waals surface area (Å²) >= 11 is 0. The normalized spacial score (nSPS) is 12.7. The highest BCUT2D eigenvalue weighted by Crippen LogP contribution is 2.37. The zero-order valence-corrected chi connectivity index (χ0v) is 20.7. The molecule has 0 unspecified atom stereocenters. The van der Waals surface area contributed by atoms with E-state index >= 15 is 4.39 Å². The van der Waals surface area contributed by atoms with Crippen molar-refractivity contribution in [2.45, 2.75) is 13.8 Å². The number of hydrogen-bond donors (Lipinski definition) is 3. The van der Waals surface area contributed by atoms with Crippen LogP contribution in [-0.4, -0.2) is 42.4 Å². The summed E-state index contributed by atoms with van der Waals surface area (Å²) in [5, 5.41) is 5.95. The molecular weight excluding hydrogens is 483 g/mol. The van der Waals surface area contributed by atoms with Crippen molar-refractivity contribution in [2.75, 3.05) is 17.2 Å². The van der Waals surface area contributed by atoms with Crippen molar-refractivity contribution in [1.29, 1.82) is 0 Å². The van der Waals surface area contributed by atoms with E-state index in [4.69, 9.17) is 4.98 Å². The van der Waals surface area contributed by atoms with Gasteiger partial charge in [0.05, 0.1) is 28.7 Å². The number of nitrogens with one attached hydrogen (secondary N) is 3. The molecule has 188 valence electrons. The van der Waals surface area contributed by atoms with Crippen LogP contribution in [0.3, 0.4) is 0 Å². The van der Waals surface area contributed by atoms with Crippen LogP contribution < -0.4 is 10.6 Å². The Morgan fingerprint density at radius 2 is 1.97 bits per heavy atom. The second kappa shape index (κ2) is 9.47. The molecule has 0 atom stereocenters. The van der Waals surface area contributed by atoms with Gasteiger partial charge in [-0.2, -0.15) is 0 Å². The van der Waals surface area contributed by atoms with Gasteiger partial charge in [0, 0.05) is 54.0 Å². The molecule has 0 aliphatic carbocycles. The van der Waals surface area contributed by atoms with Crippen LogP contribution in [0, 0.1) is 11.7 Å². The van der Waals surface area contributed by atoms with Crippen molar-refractivity contribution >= 4 is 34.0 Å². The molecule has 6 rings (SSSR count). The first-order chi connectivity index (χ1) is 18.5. The van der Waals surface area contributed by atoms with Gasteiger partial charge in [-0.25, -0.2) is 14.4 Å². The summed E-state index contributed by atoms with van der Waals surface area (Å²) < 4.78 is 16.2. The number of rotatable bonds is 5. The van der Waals surface area contributed by atoms with E-state index in [0.29, 0.717) is 57.5 Å². The molecule has 1 aliphatic rings. The van der Waals surface area contributed by atoms with Crippen molar-refractivity contribution in [2.24, 2.45) is 5.92 Å². The number of imidazole rings is 1. The number of anilines is 2. The quantitative estimate of drug-likeness (QED) is 0.304. The molecule has 3 N–H and O–H groups in total. The predicted octanol–water partition coefficient (Wildman–Crippen LogP) is 5.07. The lowest BCUT2D eigenvalue weighted by Gasteiger charge is -2.19. The molecule has 0 spiro atoms. The number of fused-ring (bicyclic) bond motifs is 2. The van der Waals surface area contributed by atoms with Gasteiger partial charge in [-0.3, -0.25) is 19.7 Å². The van der Waals surface area contributed by atoms with Gasteiger partial charge < -0.3 is 15.6 Å². The Morgan fingerprint density at radius 1 is 1.08 bits per heavy atom. The van der Waals surface area contributed by atoms with Crippen LogP contribution in [0.2, 0.25) is 0 Å². The summed E-state index contributed by atoms with van der Waals surface area (Å²) in [5.74, 6) is 0.112. The van der Waals surface area contributed by atoms with Crippen molar-refractivity contribution in [1.82, 2.24) is 29.9 Å². The van der Waals surface area contributed by atoms with Gasteiger partial charge in [0.1, 0.15) is 28.7 Å². The molecule has 0 fully saturated rings. The number of hydrogen-bond acceptors (Lipinski definition) is 7. The number of pyridine rings is 4. The van der Waals surface area contributed by atoms with Crippen molar-refractivity contribution in [3.63, 3.8) is 0 Å². The third-order valence-corrected chi connectivity index (χ3v) is 6.27. The second-order valence-electron chi connectivity index (χ2n) is 9.17. The van der Waals surface area contributed by atoms with E-state index in [1.54, 1.807) is 38.5 Å². The van der Waals surface area contributed by atoms with Crippen LogP contribution >= 0.6 is 0 Å². The highest BCUT2D eigenvalue weighted by molar-refractivity contribution is 5.95. The van der Waals surface area contributed by atoms with E-state index in [0.717, 1.165) is 5.52 Å². The molecular formula is C28H23FN8O. The summed E-state index contributed by atoms with van der Waals surface area (Å²) in [6.07, 6.45) is 9.81. The van der Waals surface area contributed by atoms with Gasteiger partial charge in [0.2, 0.25) is 5.91 Å². The minimum atomic E-state index is -0.467. The molecule has 0 saturated heterocycles. The number of nitrogens with zero attached hydrogens (tertiary/aromatic N) is 5. The van der Waals surface area contributed by atoms with Crippen molar-refractivity contribution < 1.29 is 9.18 Å². The fraction of sp³-hybridized carbons (Fsp3) is 0.143. The zero-order valence-electron chi connectivity index (χ0n) is 20.7. The zero-order chi connectivity index (χ0) is 26.2. The molecule has 38 heavy (non-hydrogen) atoms. The maximum absolute atomic E-state index is 16.2. The van der Waals surface area contributed by atoms with Crippen molar-refractivity contribution in [3.8, 4) is 22.5 Å². The summed E-state index contributed by atoms with van der Waals surface area (Å²) in [7, 11) is 0. The number of carbonyl (C=O) groups excluding carboxylic acids is 1. The molecule has 0 bridgehead atoms. The smallest absolute Gasteiger partial charge is 0.226 e. The van der Waals surface area contributed by atoms with Gasteiger partial charge in [0.15, 0.2) is 0 Å². The molecule has 0 radical (unpaired) electrons. The molecule has 1 amide bonds. The highest BCUT2D eigenvalue weighted by atomic mass is 19.1. The number of amides is 1. The van der Waals surface area contributed by atoms with E-state index in [1.165, 1.54) is 12.4 Å². The Morgan fingerprint density at radius 3 is 2.79 bits per heavy atom. The summed E-state index contributed by atoms with van der Waals surface area (Å²) in [5.41, 5.74) is 4.88. The number of carbonyl (C=O) groups is 1. The van der Waals surface area contributed by atoms with E-state index in [-0.39, 0.29) is 17.4 Å². The second-order valence-corrected chi connectivity index (χ2v) is 9.17. The van der Waals surface area contributed by atoms with Crippen LogP contribution in [0.5, 0.6) is 0 Å². The predicted molar refractivity (Wildman–Crippen MR) is 144 cm³/mol. The number of halogens is 1. The standard InChI is InChI=1S/C28H23FN8O/c1-15(2)28(38)35-17-11-16(12-30-13-17)19-14-34-27-22(23(19)29)18(6-9-33-27)26-36-21-7-10-32-24(25(21)37-26)20-5-3-4-8-31-20/h3-8,10-15H,9H2,1-2H3,(H,33,34)(H,35,38)(H,36,37). The topological polar surface area (TPSA) is 121 Å². The molecule has 0 saturated carbocycles. The fourth-order valence-corrected chi connectivity index (χ4v) is 4.33. The minimum absolute atomic E-state index is 0.146. The monoisotopic (exact) mass is 506 g/mol. The molecule has 5 aromatic heterocycles. The summed E-state index contributed by atoms with van der Waals surface area (Å²) in [4.78, 5) is 37.9. The van der Waals surface area contributed by atoms with Crippen LogP contribution in [0.25, 0.3) is 39.1 Å². The first kappa shape index (κ1) is 23.4. The number of aromatic amines is 1. The molecule has 10 heteroatoms. The Balaban J connectivity index is 1.43.